The fraction of sp³-hybridized carbons (Fsp3) is 0.500. The molecule has 1 saturated carbocycles. The molecule has 2 aliphatic heterocycles. The molecule has 192 valence electrons. The maximum atomic E-state index is 12.6. The Morgan fingerprint density at radius 2 is 1.67 bits per heavy atom. The van der Waals surface area contributed by atoms with Crippen molar-refractivity contribution in [3.63, 3.8) is 0 Å². The summed E-state index contributed by atoms with van der Waals surface area (Å²) < 4.78 is 1.44. The SMILES string of the molecule is NC[C@H](N)C(=O)N1CCN(C(=O)Nc2ccn(-c3ccc(CN4CC5C(N)C5C4)cc3)c(=O)n2)CC1. The second-order valence-corrected chi connectivity index (χ2v) is 9.82. The van der Waals surface area contributed by atoms with Gasteiger partial charge < -0.3 is 27.0 Å². The van der Waals surface area contributed by atoms with E-state index in [4.69, 9.17) is 17.2 Å². The molecule has 2 saturated heterocycles. The van der Waals surface area contributed by atoms with Crippen molar-refractivity contribution in [3.8, 4) is 5.69 Å². The van der Waals surface area contributed by atoms with Gasteiger partial charge in [-0.05, 0) is 35.6 Å². The zero-order valence-corrected chi connectivity index (χ0v) is 20.1. The Bertz CT molecular complexity index is 1160. The Balaban J connectivity index is 1.14. The Hall–Kier alpha value is -3.32. The van der Waals surface area contributed by atoms with Crippen LogP contribution < -0.4 is 28.2 Å². The van der Waals surface area contributed by atoms with Crippen molar-refractivity contribution in [1.29, 1.82) is 0 Å². The number of carbonyl (C=O) groups excluding carboxylic acids is 2. The molecule has 0 spiro atoms. The number of nitrogens with two attached hydrogens (primary N) is 3. The van der Waals surface area contributed by atoms with Gasteiger partial charge in [-0.25, -0.2) is 9.59 Å². The van der Waals surface area contributed by atoms with Gasteiger partial charge in [-0.3, -0.25) is 19.6 Å². The number of piperidine rings is 1. The minimum Gasteiger partial charge on any atom is -0.338 e. The van der Waals surface area contributed by atoms with Gasteiger partial charge in [-0.15, -0.1) is 0 Å². The lowest BCUT2D eigenvalue weighted by Crippen LogP contribution is -2.56. The van der Waals surface area contributed by atoms with E-state index in [0.29, 0.717) is 49.7 Å². The van der Waals surface area contributed by atoms with Gasteiger partial charge in [0, 0.05) is 64.6 Å². The highest BCUT2D eigenvalue weighted by molar-refractivity contribution is 5.88. The van der Waals surface area contributed by atoms with Crippen LogP contribution in [0.25, 0.3) is 5.69 Å². The number of fused-ring (bicyclic) bond motifs is 1. The Kier molecular flexibility index (Phi) is 6.75. The molecule has 0 radical (unpaired) electrons. The summed E-state index contributed by atoms with van der Waals surface area (Å²) >= 11 is 0. The molecule has 2 unspecified atom stereocenters. The van der Waals surface area contributed by atoms with E-state index >= 15 is 0 Å². The molecule has 3 aliphatic rings. The van der Waals surface area contributed by atoms with Gasteiger partial charge in [0.15, 0.2) is 0 Å². The molecule has 7 N–H and O–H groups in total. The number of benzene rings is 1. The predicted octanol–water partition coefficient (Wildman–Crippen LogP) is -1.42. The Labute approximate surface area is 209 Å². The number of urea groups is 1. The van der Waals surface area contributed by atoms with Crippen LogP contribution in [0.1, 0.15) is 5.56 Å². The van der Waals surface area contributed by atoms with Crippen LogP contribution in [0.3, 0.4) is 0 Å². The molecule has 2 aromatic rings. The lowest BCUT2D eigenvalue weighted by atomic mass is 10.2. The summed E-state index contributed by atoms with van der Waals surface area (Å²) in [5.41, 5.74) is 18.6. The van der Waals surface area contributed by atoms with E-state index < -0.39 is 11.7 Å². The number of nitrogens with zero attached hydrogens (tertiary/aromatic N) is 5. The molecule has 3 atom stereocenters. The third kappa shape index (κ3) is 4.98. The van der Waals surface area contributed by atoms with Crippen molar-refractivity contribution in [2.75, 3.05) is 51.1 Å². The van der Waals surface area contributed by atoms with Crippen molar-refractivity contribution in [2.45, 2.75) is 18.6 Å². The predicted molar refractivity (Wildman–Crippen MR) is 134 cm³/mol. The lowest BCUT2D eigenvalue weighted by molar-refractivity contribution is -0.133. The quantitative estimate of drug-likeness (QED) is 0.379. The largest absolute Gasteiger partial charge is 0.354 e. The van der Waals surface area contributed by atoms with Crippen LogP contribution in [0.15, 0.2) is 41.3 Å². The molecular weight excluding hydrogens is 462 g/mol. The highest BCUT2D eigenvalue weighted by atomic mass is 16.2. The normalized spacial score (nSPS) is 24.4. The number of carbonyl (C=O) groups is 2. The first-order valence-corrected chi connectivity index (χ1v) is 12.3. The molecule has 5 rings (SSSR count). The first-order valence-electron chi connectivity index (χ1n) is 12.3. The van der Waals surface area contributed by atoms with Crippen molar-refractivity contribution < 1.29 is 9.59 Å². The van der Waals surface area contributed by atoms with E-state index in [2.05, 4.69) is 15.2 Å². The van der Waals surface area contributed by atoms with E-state index in [1.807, 2.05) is 24.3 Å². The van der Waals surface area contributed by atoms with E-state index in [9.17, 15) is 14.4 Å². The molecule has 1 aliphatic carbocycles. The van der Waals surface area contributed by atoms with E-state index in [1.54, 1.807) is 22.1 Å². The molecule has 36 heavy (non-hydrogen) atoms. The third-order valence-electron chi connectivity index (χ3n) is 7.44. The van der Waals surface area contributed by atoms with Crippen molar-refractivity contribution in [2.24, 2.45) is 29.0 Å². The smallest absolute Gasteiger partial charge is 0.338 e. The average Bonchev–Trinajstić information content (AvgIpc) is 3.27. The molecule has 3 fully saturated rings. The van der Waals surface area contributed by atoms with Crippen LogP contribution in [-0.2, 0) is 11.3 Å². The van der Waals surface area contributed by atoms with E-state index in [-0.39, 0.29) is 24.3 Å². The second kappa shape index (κ2) is 9.97. The third-order valence-corrected chi connectivity index (χ3v) is 7.44. The molecule has 3 heterocycles. The number of aromatic nitrogens is 2. The minimum atomic E-state index is -0.729. The topological polar surface area (TPSA) is 169 Å². The maximum Gasteiger partial charge on any atom is 0.354 e. The number of nitrogens with one attached hydrogen (secondary N) is 1. The van der Waals surface area contributed by atoms with E-state index in [0.717, 1.165) is 19.6 Å². The molecule has 12 heteroatoms. The Morgan fingerprint density at radius 3 is 2.28 bits per heavy atom. The first-order chi connectivity index (χ1) is 17.3. The van der Waals surface area contributed by atoms with Gasteiger partial charge in [0.05, 0.1) is 11.7 Å². The highest BCUT2D eigenvalue weighted by Crippen LogP contribution is 2.44. The monoisotopic (exact) mass is 495 g/mol. The summed E-state index contributed by atoms with van der Waals surface area (Å²) in [5, 5.41) is 2.67. The van der Waals surface area contributed by atoms with Crippen molar-refractivity contribution >= 4 is 17.8 Å². The number of amides is 3. The molecule has 12 nitrogen and oxygen atoms in total. The fourth-order valence-corrected chi connectivity index (χ4v) is 5.13. The first kappa shape index (κ1) is 24.4. The molecule has 3 amide bonds. The van der Waals surface area contributed by atoms with Crippen LogP contribution in [0.2, 0.25) is 0 Å². The summed E-state index contributed by atoms with van der Waals surface area (Å²) in [6.45, 7) is 4.51. The van der Waals surface area contributed by atoms with Gasteiger partial charge in [0.1, 0.15) is 5.82 Å². The Morgan fingerprint density at radius 1 is 1.03 bits per heavy atom. The molecule has 1 aromatic heterocycles. The van der Waals surface area contributed by atoms with Crippen LogP contribution in [0.4, 0.5) is 10.6 Å². The zero-order chi connectivity index (χ0) is 25.4. The number of anilines is 1. The number of likely N-dealkylation sites (tertiary alicyclic amines) is 1. The number of hydrogen-bond acceptors (Lipinski definition) is 8. The maximum absolute atomic E-state index is 12.6. The summed E-state index contributed by atoms with van der Waals surface area (Å²) in [6, 6.07) is 8.71. The van der Waals surface area contributed by atoms with Gasteiger partial charge >= 0.3 is 11.7 Å². The highest BCUT2D eigenvalue weighted by Gasteiger charge is 2.53. The van der Waals surface area contributed by atoms with Crippen LogP contribution in [0.5, 0.6) is 0 Å². The van der Waals surface area contributed by atoms with Crippen LogP contribution in [0, 0.1) is 11.8 Å². The van der Waals surface area contributed by atoms with Crippen molar-refractivity contribution in [1.82, 2.24) is 24.3 Å². The number of hydrogen-bond donors (Lipinski definition) is 4. The zero-order valence-electron chi connectivity index (χ0n) is 20.1. The second-order valence-electron chi connectivity index (χ2n) is 9.82. The lowest BCUT2D eigenvalue weighted by Gasteiger charge is -2.35. The molecule has 1 aromatic carbocycles. The summed E-state index contributed by atoms with van der Waals surface area (Å²) in [7, 11) is 0. The van der Waals surface area contributed by atoms with Gasteiger partial charge in [-0.1, -0.05) is 12.1 Å². The molecule has 0 bridgehead atoms. The van der Waals surface area contributed by atoms with Gasteiger partial charge in [-0.2, -0.15) is 4.98 Å². The minimum absolute atomic E-state index is 0.0792. The fourth-order valence-electron chi connectivity index (χ4n) is 5.13. The van der Waals surface area contributed by atoms with Crippen LogP contribution >= 0.6 is 0 Å². The van der Waals surface area contributed by atoms with Gasteiger partial charge in [0.25, 0.3) is 0 Å². The van der Waals surface area contributed by atoms with Crippen LogP contribution in [-0.4, -0.2) is 94.1 Å². The standard InChI is InChI=1S/C24H33N9O3/c25-11-19(26)22(34)31-7-9-32(10-8-31)23(35)28-20-5-6-33(24(36)29-20)16-3-1-15(2-4-16)12-30-13-17-18(14-30)21(17)27/h1-6,17-19,21H,7-14,25-27H2,(H,28,29,35,36)/t17?,18?,19-,21?/m0/s1. The average molecular weight is 496 g/mol. The van der Waals surface area contributed by atoms with Gasteiger partial charge in [0.2, 0.25) is 5.91 Å². The number of piperazine rings is 1. The molecular formula is C24H33N9O3. The number of rotatable bonds is 6. The summed E-state index contributed by atoms with van der Waals surface area (Å²) in [4.78, 5) is 47.0. The summed E-state index contributed by atoms with van der Waals surface area (Å²) in [5.74, 6) is 1.27. The summed E-state index contributed by atoms with van der Waals surface area (Å²) in [6.07, 6.45) is 1.60. The van der Waals surface area contributed by atoms with E-state index in [1.165, 1.54) is 10.1 Å². The van der Waals surface area contributed by atoms with Crippen molar-refractivity contribution in [3.05, 3.63) is 52.6 Å².